The molecule has 2 unspecified atom stereocenters. The molecule has 1 amide bonds. The number of ether oxygens (including phenoxy) is 2. The highest BCUT2D eigenvalue weighted by molar-refractivity contribution is 5.96. The number of alkyl halides is 1. The monoisotopic (exact) mass is 311 g/mol. The second kappa shape index (κ2) is 7.74. The van der Waals surface area contributed by atoms with Crippen molar-refractivity contribution in [1.29, 1.82) is 0 Å². The van der Waals surface area contributed by atoms with Gasteiger partial charge in [0.25, 0.3) is 5.91 Å². The summed E-state index contributed by atoms with van der Waals surface area (Å²) in [7, 11) is 0. The molecule has 2 N–H and O–H groups in total. The zero-order valence-electron chi connectivity index (χ0n) is 12.0. The first-order chi connectivity index (χ1) is 10.6. The first-order valence-corrected chi connectivity index (χ1v) is 7.04. The Bertz CT molecular complexity index is 513. The minimum absolute atomic E-state index is 0.101. The lowest BCUT2D eigenvalue weighted by atomic mass is 10.2. The van der Waals surface area contributed by atoms with Crippen molar-refractivity contribution in [2.24, 2.45) is 0 Å². The van der Waals surface area contributed by atoms with Gasteiger partial charge in [0.2, 0.25) is 0 Å². The zero-order valence-corrected chi connectivity index (χ0v) is 12.0. The molecule has 1 fully saturated rings. The SMILES string of the molecule is O=C(NC(CF)C(=O)O)c1ccc(OCC2CCCO2)cc1. The van der Waals surface area contributed by atoms with E-state index in [0.717, 1.165) is 19.4 Å². The third-order valence-electron chi connectivity index (χ3n) is 3.33. The molecule has 7 heteroatoms. The molecule has 1 aromatic rings. The van der Waals surface area contributed by atoms with Crippen molar-refractivity contribution in [1.82, 2.24) is 5.32 Å². The molecule has 0 aliphatic carbocycles. The van der Waals surface area contributed by atoms with Crippen LogP contribution in [-0.4, -0.2) is 49.0 Å². The lowest BCUT2D eigenvalue weighted by Crippen LogP contribution is -2.42. The number of carbonyl (C=O) groups excluding carboxylic acids is 1. The summed E-state index contributed by atoms with van der Waals surface area (Å²) in [5.74, 6) is -1.46. The molecule has 0 radical (unpaired) electrons. The molecule has 2 rings (SSSR count). The lowest BCUT2D eigenvalue weighted by Gasteiger charge is -2.13. The minimum atomic E-state index is -1.54. The van der Waals surface area contributed by atoms with Gasteiger partial charge in [0, 0.05) is 12.2 Å². The lowest BCUT2D eigenvalue weighted by molar-refractivity contribution is -0.139. The minimum Gasteiger partial charge on any atom is -0.491 e. The molecular formula is C15H18FNO5. The van der Waals surface area contributed by atoms with Gasteiger partial charge in [-0.1, -0.05) is 0 Å². The van der Waals surface area contributed by atoms with E-state index in [-0.39, 0.29) is 11.7 Å². The number of carbonyl (C=O) groups is 2. The quantitative estimate of drug-likeness (QED) is 0.795. The van der Waals surface area contributed by atoms with Crippen molar-refractivity contribution in [2.45, 2.75) is 25.0 Å². The van der Waals surface area contributed by atoms with E-state index in [0.29, 0.717) is 12.4 Å². The smallest absolute Gasteiger partial charge is 0.328 e. The van der Waals surface area contributed by atoms with Crippen LogP contribution in [0.2, 0.25) is 0 Å². The van der Waals surface area contributed by atoms with Crippen molar-refractivity contribution in [3.8, 4) is 5.75 Å². The van der Waals surface area contributed by atoms with Crippen molar-refractivity contribution in [2.75, 3.05) is 19.9 Å². The van der Waals surface area contributed by atoms with E-state index in [1.165, 1.54) is 12.1 Å². The maximum Gasteiger partial charge on any atom is 0.328 e. The van der Waals surface area contributed by atoms with E-state index in [1.54, 1.807) is 12.1 Å². The molecule has 0 saturated carbocycles. The normalized spacial score (nSPS) is 18.7. The Kier molecular flexibility index (Phi) is 5.71. The van der Waals surface area contributed by atoms with Gasteiger partial charge in [-0.05, 0) is 37.1 Å². The zero-order chi connectivity index (χ0) is 15.9. The van der Waals surface area contributed by atoms with Crippen LogP contribution in [0.15, 0.2) is 24.3 Å². The molecule has 6 nitrogen and oxygen atoms in total. The van der Waals surface area contributed by atoms with E-state index in [4.69, 9.17) is 14.6 Å². The number of hydrogen-bond acceptors (Lipinski definition) is 4. The number of nitrogens with one attached hydrogen (secondary N) is 1. The fraction of sp³-hybridized carbons (Fsp3) is 0.467. The molecule has 0 spiro atoms. The van der Waals surface area contributed by atoms with E-state index in [1.807, 2.05) is 0 Å². The van der Waals surface area contributed by atoms with E-state index in [2.05, 4.69) is 5.32 Å². The molecule has 2 atom stereocenters. The maximum absolute atomic E-state index is 12.5. The second-order valence-corrected chi connectivity index (χ2v) is 4.99. The average Bonchev–Trinajstić information content (AvgIpc) is 3.04. The number of aliphatic carboxylic acids is 1. The van der Waals surface area contributed by atoms with Crippen LogP contribution in [0.5, 0.6) is 5.75 Å². The topological polar surface area (TPSA) is 84.9 Å². The van der Waals surface area contributed by atoms with Gasteiger partial charge in [-0.15, -0.1) is 0 Å². The van der Waals surface area contributed by atoms with Crippen LogP contribution >= 0.6 is 0 Å². The molecule has 1 aliphatic rings. The predicted molar refractivity (Wildman–Crippen MR) is 75.8 cm³/mol. The Morgan fingerprint density at radius 2 is 2.14 bits per heavy atom. The van der Waals surface area contributed by atoms with Crippen LogP contribution < -0.4 is 10.1 Å². The first kappa shape index (κ1) is 16.2. The number of hydrogen-bond donors (Lipinski definition) is 2. The van der Waals surface area contributed by atoms with Gasteiger partial charge in [-0.2, -0.15) is 0 Å². The average molecular weight is 311 g/mol. The van der Waals surface area contributed by atoms with Crippen LogP contribution in [0.4, 0.5) is 4.39 Å². The van der Waals surface area contributed by atoms with Gasteiger partial charge < -0.3 is 19.9 Å². The molecule has 22 heavy (non-hydrogen) atoms. The van der Waals surface area contributed by atoms with Gasteiger partial charge >= 0.3 is 5.97 Å². The number of carboxylic acid groups (broad SMARTS) is 1. The maximum atomic E-state index is 12.5. The molecule has 0 aromatic heterocycles. The van der Waals surface area contributed by atoms with Crippen molar-refractivity contribution in [3.05, 3.63) is 29.8 Å². The van der Waals surface area contributed by atoms with Crippen LogP contribution in [0.25, 0.3) is 0 Å². The largest absolute Gasteiger partial charge is 0.491 e. The van der Waals surface area contributed by atoms with Gasteiger partial charge in [0.05, 0.1) is 6.10 Å². The van der Waals surface area contributed by atoms with Crippen LogP contribution in [0.1, 0.15) is 23.2 Å². The third kappa shape index (κ3) is 4.42. The van der Waals surface area contributed by atoms with Crippen LogP contribution in [0, 0.1) is 0 Å². The molecule has 1 heterocycles. The number of carboxylic acids is 1. The fourth-order valence-corrected chi connectivity index (χ4v) is 2.08. The summed E-state index contributed by atoms with van der Waals surface area (Å²) in [4.78, 5) is 22.5. The van der Waals surface area contributed by atoms with Crippen LogP contribution in [-0.2, 0) is 9.53 Å². The van der Waals surface area contributed by atoms with E-state index < -0.39 is 24.6 Å². The summed E-state index contributed by atoms with van der Waals surface area (Å²) < 4.78 is 23.5. The van der Waals surface area contributed by atoms with Gasteiger partial charge in [0.15, 0.2) is 6.04 Å². The number of benzene rings is 1. The summed E-state index contributed by atoms with van der Waals surface area (Å²) in [5.41, 5.74) is 0.240. The number of rotatable bonds is 7. The van der Waals surface area contributed by atoms with Gasteiger partial charge in [-0.3, -0.25) is 4.79 Å². The summed E-state index contributed by atoms with van der Waals surface area (Å²) in [6, 6.07) is 4.67. The van der Waals surface area contributed by atoms with Gasteiger partial charge in [-0.25, -0.2) is 9.18 Å². The Morgan fingerprint density at radius 3 is 2.68 bits per heavy atom. The summed E-state index contributed by atoms with van der Waals surface area (Å²) in [6.45, 7) is 0.0462. The fourth-order valence-electron chi connectivity index (χ4n) is 2.08. The summed E-state index contributed by atoms with van der Waals surface area (Å²) in [5, 5.41) is 10.8. The molecule has 1 aromatic carbocycles. The standard InChI is InChI=1S/C15H18FNO5/c16-8-13(15(19)20)17-14(18)10-3-5-11(6-4-10)22-9-12-2-1-7-21-12/h3-6,12-13H,1-2,7-9H2,(H,17,18)(H,19,20). The molecule has 1 aliphatic heterocycles. The Labute approximate surface area is 127 Å². The highest BCUT2D eigenvalue weighted by Gasteiger charge is 2.20. The number of amides is 1. The molecule has 0 bridgehead atoms. The van der Waals surface area contributed by atoms with Crippen molar-refractivity contribution >= 4 is 11.9 Å². The Morgan fingerprint density at radius 1 is 1.41 bits per heavy atom. The first-order valence-electron chi connectivity index (χ1n) is 7.04. The van der Waals surface area contributed by atoms with Crippen molar-refractivity contribution in [3.63, 3.8) is 0 Å². The Hall–Kier alpha value is -2.15. The Balaban J connectivity index is 1.87. The van der Waals surface area contributed by atoms with Crippen molar-refractivity contribution < 1.29 is 28.6 Å². The number of halogens is 1. The molecular weight excluding hydrogens is 293 g/mol. The highest BCUT2D eigenvalue weighted by Crippen LogP contribution is 2.16. The van der Waals surface area contributed by atoms with E-state index >= 15 is 0 Å². The molecule has 1 saturated heterocycles. The summed E-state index contributed by atoms with van der Waals surface area (Å²) >= 11 is 0. The van der Waals surface area contributed by atoms with Gasteiger partial charge in [0.1, 0.15) is 19.0 Å². The highest BCUT2D eigenvalue weighted by atomic mass is 19.1. The summed E-state index contributed by atoms with van der Waals surface area (Å²) in [6.07, 6.45) is 2.11. The second-order valence-electron chi connectivity index (χ2n) is 4.99. The molecule has 120 valence electrons. The van der Waals surface area contributed by atoms with Crippen LogP contribution in [0.3, 0.4) is 0 Å². The van der Waals surface area contributed by atoms with E-state index in [9.17, 15) is 14.0 Å². The third-order valence-corrected chi connectivity index (χ3v) is 3.33. The predicted octanol–water partition coefficient (Wildman–Crippen LogP) is 1.40.